The van der Waals surface area contributed by atoms with Gasteiger partial charge in [0, 0.05) is 17.3 Å². The zero-order chi connectivity index (χ0) is 9.42. The van der Waals surface area contributed by atoms with Crippen LogP contribution in [0, 0.1) is 0 Å². The van der Waals surface area contributed by atoms with Gasteiger partial charge in [-0.25, -0.2) is 4.42 Å². The number of carbonyl (C=O) groups excluding carboxylic acids is 2. The highest BCUT2D eigenvalue weighted by Gasteiger charge is 2.28. The first-order chi connectivity index (χ1) is 6.20. The Kier molecular flexibility index (Phi) is 1.81. The molecule has 1 amide bonds. The van der Waals surface area contributed by atoms with Gasteiger partial charge in [0.05, 0.1) is 12.1 Å². The molecule has 1 aliphatic heterocycles. The third-order valence-electron chi connectivity index (χ3n) is 1.95. The molecule has 66 valence electrons. The number of amides is 1. The molecular formula is C9H6ClNO2. The highest BCUT2D eigenvalue weighted by atomic mass is 35.5. The normalized spacial score (nSPS) is 15.9. The van der Waals surface area contributed by atoms with Crippen LogP contribution in [0.25, 0.3) is 0 Å². The maximum Gasteiger partial charge on any atom is 0.249 e. The summed E-state index contributed by atoms with van der Waals surface area (Å²) in [6.45, 7) is 0. The van der Waals surface area contributed by atoms with Crippen molar-refractivity contribution in [1.29, 1.82) is 0 Å². The van der Waals surface area contributed by atoms with E-state index in [2.05, 4.69) is 0 Å². The van der Waals surface area contributed by atoms with Gasteiger partial charge in [-0.1, -0.05) is 12.1 Å². The van der Waals surface area contributed by atoms with Crippen molar-refractivity contribution in [2.45, 2.75) is 6.42 Å². The monoisotopic (exact) mass is 195 g/mol. The first kappa shape index (κ1) is 8.26. The minimum absolute atomic E-state index is 0.138. The van der Waals surface area contributed by atoms with Gasteiger partial charge in [0.1, 0.15) is 0 Å². The van der Waals surface area contributed by atoms with E-state index >= 15 is 0 Å². The third kappa shape index (κ3) is 1.21. The third-order valence-corrected chi connectivity index (χ3v) is 2.32. The van der Waals surface area contributed by atoms with Gasteiger partial charge in [0.25, 0.3) is 0 Å². The molecule has 1 aliphatic rings. The molecule has 4 heteroatoms. The summed E-state index contributed by atoms with van der Waals surface area (Å²) in [5.74, 6) is -0.539. The van der Waals surface area contributed by atoms with Crippen molar-refractivity contribution in [2.24, 2.45) is 0 Å². The molecule has 1 heterocycles. The van der Waals surface area contributed by atoms with E-state index < -0.39 is 0 Å². The summed E-state index contributed by atoms with van der Waals surface area (Å²) >= 11 is 5.69. The van der Waals surface area contributed by atoms with Crippen LogP contribution in [0.3, 0.4) is 0 Å². The number of rotatable bonds is 0. The zero-order valence-electron chi connectivity index (χ0n) is 6.66. The van der Waals surface area contributed by atoms with E-state index in [9.17, 15) is 9.59 Å². The second-order valence-electron chi connectivity index (χ2n) is 2.79. The number of nitrogens with zero attached hydrogens (tertiary/aromatic N) is 1. The number of carbonyl (C=O) groups is 2. The van der Waals surface area contributed by atoms with Gasteiger partial charge < -0.3 is 0 Å². The molecule has 0 fully saturated rings. The highest BCUT2D eigenvalue weighted by molar-refractivity contribution is 6.41. The van der Waals surface area contributed by atoms with Crippen molar-refractivity contribution in [3.63, 3.8) is 0 Å². The standard InChI is InChI=1S/C9H6ClNO2/c10-11-7-4-2-1-3-6(7)8(12)5-9(11)13/h1-4H,5H2. The predicted octanol–water partition coefficient (Wildman–Crippen LogP) is 1.76. The van der Waals surface area contributed by atoms with Crippen molar-refractivity contribution in [1.82, 2.24) is 0 Å². The molecule has 3 nitrogen and oxygen atoms in total. The number of halogens is 1. The van der Waals surface area contributed by atoms with E-state index in [1.807, 2.05) is 0 Å². The quantitative estimate of drug-likeness (QED) is 0.467. The van der Waals surface area contributed by atoms with Crippen molar-refractivity contribution in [2.75, 3.05) is 4.42 Å². The number of para-hydroxylation sites is 1. The molecule has 1 aromatic carbocycles. The molecule has 0 radical (unpaired) electrons. The van der Waals surface area contributed by atoms with Crippen LogP contribution in [-0.2, 0) is 4.79 Å². The second kappa shape index (κ2) is 2.85. The van der Waals surface area contributed by atoms with E-state index in [1.54, 1.807) is 24.3 Å². The van der Waals surface area contributed by atoms with Crippen LogP contribution in [0.15, 0.2) is 24.3 Å². The van der Waals surface area contributed by atoms with Gasteiger partial charge >= 0.3 is 0 Å². The summed E-state index contributed by atoms with van der Waals surface area (Å²) < 4.78 is 0.997. The van der Waals surface area contributed by atoms with Crippen molar-refractivity contribution < 1.29 is 9.59 Å². The molecule has 0 saturated heterocycles. The van der Waals surface area contributed by atoms with Gasteiger partial charge in [0.15, 0.2) is 5.78 Å². The molecule has 0 aliphatic carbocycles. The predicted molar refractivity (Wildman–Crippen MR) is 48.7 cm³/mol. The Hall–Kier alpha value is -1.35. The molecule has 1 aromatic rings. The van der Waals surface area contributed by atoms with Crippen LogP contribution >= 0.6 is 11.8 Å². The average Bonchev–Trinajstić information content (AvgIpc) is 2.15. The zero-order valence-corrected chi connectivity index (χ0v) is 7.41. The lowest BCUT2D eigenvalue weighted by Gasteiger charge is -2.21. The van der Waals surface area contributed by atoms with Crippen LogP contribution in [0.2, 0.25) is 0 Å². The van der Waals surface area contributed by atoms with Gasteiger partial charge in [0.2, 0.25) is 5.91 Å². The Morgan fingerprint density at radius 1 is 1.23 bits per heavy atom. The summed E-state index contributed by atoms with van der Waals surface area (Å²) in [7, 11) is 0. The molecule has 0 unspecified atom stereocenters. The molecule has 0 atom stereocenters. The van der Waals surface area contributed by atoms with Gasteiger partial charge in [-0.2, -0.15) is 0 Å². The summed E-state index contributed by atoms with van der Waals surface area (Å²) in [5, 5.41) is 0. The fourth-order valence-corrected chi connectivity index (χ4v) is 1.52. The second-order valence-corrected chi connectivity index (χ2v) is 3.13. The fraction of sp³-hybridized carbons (Fsp3) is 0.111. The van der Waals surface area contributed by atoms with Gasteiger partial charge in [-0.3, -0.25) is 9.59 Å². The van der Waals surface area contributed by atoms with Crippen molar-refractivity contribution >= 4 is 29.2 Å². The fourth-order valence-electron chi connectivity index (χ4n) is 1.32. The van der Waals surface area contributed by atoms with Crippen molar-refractivity contribution in [3.05, 3.63) is 29.8 Å². The van der Waals surface area contributed by atoms with Crippen LogP contribution in [0.1, 0.15) is 16.8 Å². The van der Waals surface area contributed by atoms with Crippen LogP contribution in [0.5, 0.6) is 0 Å². The molecule has 0 N–H and O–H groups in total. The van der Waals surface area contributed by atoms with E-state index in [-0.39, 0.29) is 18.1 Å². The summed E-state index contributed by atoms with van der Waals surface area (Å²) in [4.78, 5) is 22.5. The maximum absolute atomic E-state index is 11.3. The lowest BCUT2D eigenvalue weighted by Crippen LogP contribution is -2.30. The number of hydrogen-bond donors (Lipinski definition) is 0. The molecule has 0 saturated carbocycles. The first-order valence-corrected chi connectivity index (χ1v) is 4.15. The van der Waals surface area contributed by atoms with E-state index in [0.29, 0.717) is 11.3 Å². The van der Waals surface area contributed by atoms with Crippen LogP contribution in [-0.4, -0.2) is 11.7 Å². The lowest BCUT2D eigenvalue weighted by molar-refractivity contribution is -0.116. The molecule has 0 spiro atoms. The molecule has 0 aromatic heterocycles. The molecular weight excluding hydrogens is 190 g/mol. The average molecular weight is 196 g/mol. The highest BCUT2D eigenvalue weighted by Crippen LogP contribution is 2.28. The number of anilines is 1. The first-order valence-electron chi connectivity index (χ1n) is 3.81. The van der Waals surface area contributed by atoms with Crippen LogP contribution in [0.4, 0.5) is 5.69 Å². The Balaban J connectivity index is 2.60. The SMILES string of the molecule is O=C1CC(=O)N(Cl)c2ccccc21. The summed E-state index contributed by atoms with van der Waals surface area (Å²) in [6.07, 6.45) is -0.138. The molecule has 2 rings (SSSR count). The lowest BCUT2D eigenvalue weighted by atomic mass is 10.0. The number of Topliss-reactive ketones (excluding diaryl/α,β-unsaturated/α-hetero) is 1. The smallest absolute Gasteiger partial charge is 0.249 e. The Labute approximate surface area is 80.0 Å². The van der Waals surface area contributed by atoms with E-state index in [4.69, 9.17) is 11.8 Å². The minimum Gasteiger partial charge on any atom is -0.294 e. The number of benzene rings is 1. The van der Waals surface area contributed by atoms with Gasteiger partial charge in [-0.05, 0) is 12.1 Å². The number of ketones is 1. The van der Waals surface area contributed by atoms with E-state index in [0.717, 1.165) is 4.42 Å². The Morgan fingerprint density at radius 2 is 1.92 bits per heavy atom. The van der Waals surface area contributed by atoms with Gasteiger partial charge in [-0.15, -0.1) is 0 Å². The van der Waals surface area contributed by atoms with Crippen LogP contribution < -0.4 is 4.42 Å². The minimum atomic E-state index is -0.370. The maximum atomic E-state index is 11.3. The molecule has 13 heavy (non-hydrogen) atoms. The van der Waals surface area contributed by atoms with Crippen molar-refractivity contribution in [3.8, 4) is 0 Å². The Morgan fingerprint density at radius 3 is 2.69 bits per heavy atom. The molecule has 0 bridgehead atoms. The summed E-state index contributed by atoms with van der Waals surface area (Å²) in [5.41, 5.74) is 0.988. The summed E-state index contributed by atoms with van der Waals surface area (Å²) in [6, 6.07) is 6.80. The Bertz CT molecular complexity index is 389. The number of fused-ring (bicyclic) bond motifs is 1. The largest absolute Gasteiger partial charge is 0.294 e. The van der Waals surface area contributed by atoms with E-state index in [1.165, 1.54) is 0 Å². The number of hydrogen-bond acceptors (Lipinski definition) is 2. The topological polar surface area (TPSA) is 37.4 Å².